The molecule has 0 unspecified atom stereocenters. The third-order valence-corrected chi connectivity index (χ3v) is 7.62. The van der Waals surface area contributed by atoms with Crippen LogP contribution in [0.25, 0.3) is 17.2 Å². The van der Waals surface area contributed by atoms with E-state index in [1.165, 1.54) is 6.08 Å². The Bertz CT molecular complexity index is 1640. The number of rotatable bonds is 14. The first-order chi connectivity index (χ1) is 22.6. The molecular weight excluding hydrogens is 596 g/mol. The van der Waals surface area contributed by atoms with E-state index in [2.05, 4.69) is 13.2 Å². The molecule has 0 saturated heterocycles. The van der Waals surface area contributed by atoms with Crippen LogP contribution in [-0.4, -0.2) is 43.0 Å². The predicted molar refractivity (Wildman–Crippen MR) is 180 cm³/mol. The smallest absolute Gasteiger partial charge is 0.339 e. The van der Waals surface area contributed by atoms with Gasteiger partial charge in [0.25, 0.3) is 0 Å². The maximum Gasteiger partial charge on any atom is 0.339 e. The molecule has 244 valence electrons. The Balaban J connectivity index is 1.25. The summed E-state index contributed by atoms with van der Waals surface area (Å²) < 4.78 is 21.6. The van der Waals surface area contributed by atoms with Gasteiger partial charge in [-0.05, 0) is 98.2 Å². The minimum Gasteiger partial charge on any atom is -0.490 e. The molecule has 0 aliphatic heterocycles. The minimum absolute atomic E-state index is 0.0149. The van der Waals surface area contributed by atoms with Crippen LogP contribution in [0.5, 0.6) is 11.5 Å². The maximum atomic E-state index is 12.9. The molecule has 1 fully saturated rings. The Morgan fingerprint density at radius 3 is 2.13 bits per heavy atom. The second-order valence-corrected chi connectivity index (χ2v) is 11.5. The van der Waals surface area contributed by atoms with Crippen LogP contribution >= 0.6 is 0 Å². The average molecular weight is 637 g/mol. The van der Waals surface area contributed by atoms with Gasteiger partial charge in [-0.2, -0.15) is 0 Å². The molecule has 0 N–H and O–H groups in total. The van der Waals surface area contributed by atoms with E-state index < -0.39 is 17.9 Å². The molecule has 1 saturated carbocycles. The molecular formula is C39H40O8. The van der Waals surface area contributed by atoms with Crippen molar-refractivity contribution in [1.29, 1.82) is 0 Å². The molecule has 0 heterocycles. The number of allylic oxidation sites excluding steroid dienone is 1. The van der Waals surface area contributed by atoms with Crippen molar-refractivity contribution < 1.29 is 38.1 Å². The van der Waals surface area contributed by atoms with Gasteiger partial charge >= 0.3 is 17.9 Å². The molecule has 8 heteroatoms. The van der Waals surface area contributed by atoms with E-state index in [9.17, 15) is 19.2 Å². The highest BCUT2D eigenvalue weighted by atomic mass is 16.6. The molecule has 0 atom stereocenters. The van der Waals surface area contributed by atoms with Gasteiger partial charge in [0.15, 0.2) is 5.78 Å². The summed E-state index contributed by atoms with van der Waals surface area (Å²) in [6.45, 7) is 11.0. The van der Waals surface area contributed by atoms with Crippen LogP contribution < -0.4 is 9.47 Å². The molecule has 47 heavy (non-hydrogen) atoms. The van der Waals surface area contributed by atoms with E-state index in [-0.39, 0.29) is 42.8 Å². The van der Waals surface area contributed by atoms with Crippen molar-refractivity contribution >= 4 is 29.8 Å². The number of carbonyl (C=O) groups is 4. The lowest BCUT2D eigenvalue weighted by atomic mass is 9.98. The summed E-state index contributed by atoms with van der Waals surface area (Å²) in [4.78, 5) is 49.1. The van der Waals surface area contributed by atoms with Gasteiger partial charge in [0, 0.05) is 16.7 Å². The van der Waals surface area contributed by atoms with Gasteiger partial charge in [-0.3, -0.25) is 9.59 Å². The van der Waals surface area contributed by atoms with Crippen LogP contribution in [-0.2, 0) is 23.9 Å². The molecule has 3 aromatic carbocycles. The second kappa shape index (κ2) is 16.9. The first kappa shape index (κ1) is 34.6. The highest BCUT2D eigenvalue weighted by Crippen LogP contribution is 2.25. The second-order valence-electron chi connectivity index (χ2n) is 11.5. The molecule has 0 amide bonds. The van der Waals surface area contributed by atoms with Gasteiger partial charge in [0.05, 0.1) is 6.42 Å². The van der Waals surface area contributed by atoms with Crippen molar-refractivity contribution in [1.82, 2.24) is 0 Å². The van der Waals surface area contributed by atoms with Crippen LogP contribution in [0.1, 0.15) is 66.9 Å². The van der Waals surface area contributed by atoms with Crippen molar-refractivity contribution in [3.63, 3.8) is 0 Å². The Kier molecular flexibility index (Phi) is 12.4. The van der Waals surface area contributed by atoms with Gasteiger partial charge in [-0.25, -0.2) is 9.59 Å². The fraction of sp³-hybridized carbons (Fsp3) is 0.282. The van der Waals surface area contributed by atoms with Crippen LogP contribution in [0.15, 0.2) is 97.1 Å². The topological polar surface area (TPSA) is 105 Å². The monoisotopic (exact) mass is 636 g/mol. The summed E-state index contributed by atoms with van der Waals surface area (Å²) in [6.07, 6.45) is 7.84. The lowest BCUT2D eigenvalue weighted by Gasteiger charge is -2.21. The van der Waals surface area contributed by atoms with Crippen LogP contribution in [0.4, 0.5) is 0 Å². The number of carbonyl (C=O) groups excluding carboxylic acids is 4. The van der Waals surface area contributed by atoms with Crippen molar-refractivity contribution in [2.45, 2.75) is 58.5 Å². The van der Waals surface area contributed by atoms with Gasteiger partial charge in [-0.15, -0.1) is 0 Å². The Morgan fingerprint density at radius 1 is 0.830 bits per heavy atom. The molecule has 1 aliphatic carbocycles. The third-order valence-electron chi connectivity index (χ3n) is 7.62. The predicted octanol–water partition coefficient (Wildman–Crippen LogP) is 7.78. The van der Waals surface area contributed by atoms with Crippen molar-refractivity contribution in [2.24, 2.45) is 0 Å². The lowest BCUT2D eigenvalue weighted by molar-refractivity contribution is -0.150. The first-order valence-corrected chi connectivity index (χ1v) is 15.7. The molecule has 4 rings (SSSR count). The highest BCUT2D eigenvalue weighted by molar-refractivity contribution is 6.07. The van der Waals surface area contributed by atoms with Crippen molar-refractivity contribution in [3.05, 3.63) is 114 Å². The Morgan fingerprint density at radius 2 is 1.49 bits per heavy atom. The standard InChI is InChI=1S/C39H40O8/c1-26(2)38(42)45-23-22-44-33-18-15-31(16-19-33)30-13-10-29(11-14-30)12-20-35(40)32-17-21-36(27(3)24-32)47-39(43)28(4)25-37(41)46-34-8-6-5-7-9-34/h10-21,24,34H,1,4-9,22-23,25H2,2-3H3/b20-12+. The van der Waals surface area contributed by atoms with Gasteiger partial charge in [-0.1, -0.05) is 62.1 Å². The molecule has 1 aliphatic rings. The SMILES string of the molecule is C=C(C)C(=O)OCCOc1ccc(-c2ccc(/C=C/C(=O)c3ccc(OC(=O)C(=C)CC(=O)OC4CCCCC4)c(C)c3)cc2)cc1. The summed E-state index contributed by atoms with van der Waals surface area (Å²) in [6, 6.07) is 20.2. The van der Waals surface area contributed by atoms with E-state index in [4.69, 9.17) is 18.9 Å². The molecule has 8 nitrogen and oxygen atoms in total. The van der Waals surface area contributed by atoms with Crippen molar-refractivity contribution in [3.8, 4) is 22.6 Å². The normalized spacial score (nSPS) is 13.1. The summed E-state index contributed by atoms with van der Waals surface area (Å²) in [7, 11) is 0. The van der Waals surface area contributed by atoms with Crippen LogP contribution in [0, 0.1) is 6.92 Å². The van der Waals surface area contributed by atoms with Gasteiger partial charge in [0.1, 0.15) is 30.8 Å². The number of esters is 3. The van der Waals surface area contributed by atoms with Gasteiger partial charge in [0.2, 0.25) is 0 Å². The average Bonchev–Trinajstić information content (AvgIpc) is 3.07. The van der Waals surface area contributed by atoms with E-state index in [0.29, 0.717) is 22.4 Å². The summed E-state index contributed by atoms with van der Waals surface area (Å²) in [5.41, 5.74) is 4.26. The maximum absolute atomic E-state index is 12.9. The number of ether oxygens (including phenoxy) is 4. The molecule has 0 spiro atoms. The Labute approximate surface area is 275 Å². The van der Waals surface area contributed by atoms with Gasteiger partial charge < -0.3 is 18.9 Å². The van der Waals surface area contributed by atoms with Crippen LogP contribution in [0.2, 0.25) is 0 Å². The number of ketones is 1. The number of hydrogen-bond acceptors (Lipinski definition) is 8. The molecule has 3 aromatic rings. The van der Waals surface area contributed by atoms with E-state index >= 15 is 0 Å². The number of benzene rings is 3. The summed E-state index contributed by atoms with van der Waals surface area (Å²) >= 11 is 0. The quantitative estimate of drug-likeness (QED) is 0.0581. The summed E-state index contributed by atoms with van der Waals surface area (Å²) in [5, 5.41) is 0. The zero-order valence-electron chi connectivity index (χ0n) is 26.9. The van der Waals surface area contributed by atoms with Crippen LogP contribution in [0.3, 0.4) is 0 Å². The molecule has 0 bridgehead atoms. The van der Waals surface area contributed by atoms with E-state index in [1.54, 1.807) is 38.1 Å². The molecule has 0 radical (unpaired) electrons. The lowest BCUT2D eigenvalue weighted by Crippen LogP contribution is -2.22. The largest absolute Gasteiger partial charge is 0.490 e. The minimum atomic E-state index is -0.709. The zero-order valence-corrected chi connectivity index (χ0v) is 26.9. The molecule has 0 aromatic heterocycles. The fourth-order valence-electron chi connectivity index (χ4n) is 4.96. The number of aryl methyl sites for hydroxylation is 1. The Hall–Kier alpha value is -5.24. The van der Waals surface area contributed by atoms with E-state index in [0.717, 1.165) is 48.8 Å². The summed E-state index contributed by atoms with van der Waals surface area (Å²) in [5.74, 6) is -0.872. The third kappa shape index (κ3) is 10.7. The van der Waals surface area contributed by atoms with Crippen molar-refractivity contribution in [2.75, 3.05) is 13.2 Å². The highest BCUT2D eigenvalue weighted by Gasteiger charge is 2.21. The van der Waals surface area contributed by atoms with E-state index in [1.807, 2.05) is 48.5 Å². The first-order valence-electron chi connectivity index (χ1n) is 15.7. The zero-order chi connectivity index (χ0) is 33.8. The number of hydrogen-bond donors (Lipinski definition) is 0. The fourth-order valence-corrected chi connectivity index (χ4v) is 4.96.